The number of piperidine rings is 1. The number of aryl methyl sites for hydroxylation is 1. The summed E-state index contributed by atoms with van der Waals surface area (Å²) in [5, 5.41) is 0. The van der Waals surface area contributed by atoms with Gasteiger partial charge in [-0.1, -0.05) is 0 Å². The van der Waals surface area contributed by atoms with Crippen LogP contribution in [0.2, 0.25) is 0 Å². The van der Waals surface area contributed by atoms with Crippen LogP contribution in [-0.4, -0.2) is 41.5 Å². The van der Waals surface area contributed by atoms with Crippen molar-refractivity contribution in [1.82, 2.24) is 14.9 Å². The molecule has 1 aromatic heterocycles. The van der Waals surface area contributed by atoms with Crippen LogP contribution < -0.4 is 5.73 Å². The summed E-state index contributed by atoms with van der Waals surface area (Å²) in [6.45, 7) is 3.13. The number of rotatable bonds is 4. The van der Waals surface area contributed by atoms with Gasteiger partial charge in [-0.25, -0.2) is 4.98 Å². The lowest BCUT2D eigenvalue weighted by molar-refractivity contribution is 0.253. The van der Waals surface area contributed by atoms with Crippen LogP contribution in [-0.2, 0) is 6.42 Å². The van der Waals surface area contributed by atoms with Gasteiger partial charge in [-0.05, 0) is 45.9 Å². The van der Waals surface area contributed by atoms with Crippen LogP contribution in [0.25, 0.3) is 0 Å². The van der Waals surface area contributed by atoms with Crippen LogP contribution >= 0.6 is 0 Å². The maximum absolute atomic E-state index is 5.49. The minimum absolute atomic E-state index is 0.676. The highest BCUT2D eigenvalue weighted by Gasteiger charge is 2.19. The first-order valence-electron chi connectivity index (χ1n) is 6.22. The van der Waals surface area contributed by atoms with E-state index in [0.717, 1.165) is 25.2 Å². The van der Waals surface area contributed by atoms with E-state index < -0.39 is 0 Å². The number of hydrogen-bond donors (Lipinski definition) is 2. The molecule has 0 unspecified atom stereocenters. The first kappa shape index (κ1) is 11.6. The quantitative estimate of drug-likeness (QED) is 0.802. The Bertz CT molecular complexity index is 313. The Labute approximate surface area is 97.2 Å². The molecule has 16 heavy (non-hydrogen) atoms. The minimum Gasteiger partial charge on any atom is -0.346 e. The highest BCUT2D eigenvalue weighted by atomic mass is 15.1. The number of aromatic amines is 1. The molecule has 0 atom stereocenters. The number of nitrogens with two attached hydrogens (primary N) is 1. The Morgan fingerprint density at radius 1 is 1.50 bits per heavy atom. The second-order valence-corrected chi connectivity index (χ2v) is 4.76. The third-order valence-electron chi connectivity index (χ3n) is 3.42. The van der Waals surface area contributed by atoms with Crippen molar-refractivity contribution in [3.8, 4) is 0 Å². The van der Waals surface area contributed by atoms with Crippen molar-refractivity contribution < 1.29 is 0 Å². The number of nitrogens with zero attached hydrogens (tertiary/aromatic N) is 2. The second kappa shape index (κ2) is 5.46. The molecule has 3 N–H and O–H groups in total. The van der Waals surface area contributed by atoms with E-state index in [1.165, 1.54) is 31.6 Å². The van der Waals surface area contributed by atoms with Crippen LogP contribution in [0.5, 0.6) is 0 Å². The minimum atomic E-state index is 0.676. The van der Waals surface area contributed by atoms with E-state index in [4.69, 9.17) is 5.73 Å². The number of imidazole rings is 1. The van der Waals surface area contributed by atoms with Gasteiger partial charge in [-0.3, -0.25) is 0 Å². The van der Waals surface area contributed by atoms with E-state index in [2.05, 4.69) is 21.9 Å². The van der Waals surface area contributed by atoms with Crippen molar-refractivity contribution >= 4 is 0 Å². The molecule has 0 amide bonds. The number of H-pyrrole nitrogens is 1. The SMILES string of the molecule is CN1CCC(c2cnc(CCCN)[nH]2)CC1. The standard InChI is InChI=1S/C12H22N4/c1-16-7-4-10(5-8-16)11-9-14-12(15-11)3-2-6-13/h9-10H,2-8,13H2,1H3,(H,14,15). The first-order valence-corrected chi connectivity index (χ1v) is 6.22. The van der Waals surface area contributed by atoms with Crippen molar-refractivity contribution in [1.29, 1.82) is 0 Å². The number of likely N-dealkylation sites (tertiary alicyclic amines) is 1. The van der Waals surface area contributed by atoms with Crippen LogP contribution in [0, 0.1) is 0 Å². The highest BCUT2D eigenvalue weighted by molar-refractivity contribution is 5.09. The maximum Gasteiger partial charge on any atom is 0.106 e. The van der Waals surface area contributed by atoms with Crippen LogP contribution in [0.3, 0.4) is 0 Å². The fourth-order valence-electron chi connectivity index (χ4n) is 2.30. The molecule has 2 heterocycles. The van der Waals surface area contributed by atoms with Gasteiger partial charge in [0.15, 0.2) is 0 Å². The summed E-state index contributed by atoms with van der Waals surface area (Å²) in [5.41, 5.74) is 6.81. The summed E-state index contributed by atoms with van der Waals surface area (Å²) in [6, 6.07) is 0. The van der Waals surface area contributed by atoms with Gasteiger partial charge >= 0.3 is 0 Å². The molecule has 90 valence electrons. The van der Waals surface area contributed by atoms with Crippen molar-refractivity contribution in [2.45, 2.75) is 31.6 Å². The summed E-state index contributed by atoms with van der Waals surface area (Å²) >= 11 is 0. The number of aromatic nitrogens is 2. The van der Waals surface area contributed by atoms with Crippen molar-refractivity contribution in [2.75, 3.05) is 26.7 Å². The molecule has 0 spiro atoms. The van der Waals surface area contributed by atoms with Gasteiger partial charge in [0, 0.05) is 24.2 Å². The topological polar surface area (TPSA) is 57.9 Å². The van der Waals surface area contributed by atoms with E-state index in [1.807, 2.05) is 6.20 Å². The Hall–Kier alpha value is -0.870. The number of nitrogens with one attached hydrogen (secondary N) is 1. The molecule has 0 aliphatic carbocycles. The predicted octanol–water partition coefficient (Wildman–Crippen LogP) is 1.11. The maximum atomic E-state index is 5.49. The molecule has 4 nitrogen and oxygen atoms in total. The molecule has 1 saturated heterocycles. The summed E-state index contributed by atoms with van der Waals surface area (Å²) in [7, 11) is 2.19. The zero-order chi connectivity index (χ0) is 11.4. The smallest absolute Gasteiger partial charge is 0.106 e. The van der Waals surface area contributed by atoms with E-state index in [1.54, 1.807) is 0 Å². The molecule has 0 bridgehead atoms. The van der Waals surface area contributed by atoms with Gasteiger partial charge in [0.25, 0.3) is 0 Å². The molecule has 1 fully saturated rings. The van der Waals surface area contributed by atoms with Crippen LogP contribution in [0.1, 0.15) is 36.7 Å². The molecule has 1 aliphatic rings. The zero-order valence-electron chi connectivity index (χ0n) is 10.1. The van der Waals surface area contributed by atoms with Gasteiger partial charge in [0.1, 0.15) is 5.82 Å². The summed E-state index contributed by atoms with van der Waals surface area (Å²) in [5.74, 6) is 1.77. The van der Waals surface area contributed by atoms with Crippen LogP contribution in [0.4, 0.5) is 0 Å². The summed E-state index contributed by atoms with van der Waals surface area (Å²) in [6.07, 6.45) is 6.50. The van der Waals surface area contributed by atoms with Crippen molar-refractivity contribution in [3.63, 3.8) is 0 Å². The highest BCUT2D eigenvalue weighted by Crippen LogP contribution is 2.25. The Kier molecular flexibility index (Phi) is 3.96. The summed E-state index contributed by atoms with van der Waals surface area (Å²) < 4.78 is 0. The molecular weight excluding hydrogens is 200 g/mol. The van der Waals surface area contributed by atoms with E-state index in [0.29, 0.717) is 5.92 Å². The Morgan fingerprint density at radius 3 is 2.94 bits per heavy atom. The van der Waals surface area contributed by atoms with Gasteiger partial charge < -0.3 is 15.6 Å². The molecular formula is C12H22N4. The fourth-order valence-corrected chi connectivity index (χ4v) is 2.30. The average molecular weight is 222 g/mol. The molecule has 2 rings (SSSR count). The van der Waals surface area contributed by atoms with Gasteiger partial charge in [-0.2, -0.15) is 0 Å². The fraction of sp³-hybridized carbons (Fsp3) is 0.750. The molecule has 4 heteroatoms. The van der Waals surface area contributed by atoms with Crippen molar-refractivity contribution in [2.24, 2.45) is 5.73 Å². The monoisotopic (exact) mass is 222 g/mol. The third kappa shape index (κ3) is 2.83. The van der Waals surface area contributed by atoms with Gasteiger partial charge in [0.2, 0.25) is 0 Å². The van der Waals surface area contributed by atoms with E-state index >= 15 is 0 Å². The molecule has 1 aliphatic heterocycles. The molecule has 0 radical (unpaired) electrons. The Balaban J connectivity index is 1.91. The van der Waals surface area contributed by atoms with Crippen molar-refractivity contribution in [3.05, 3.63) is 17.7 Å². The Morgan fingerprint density at radius 2 is 2.25 bits per heavy atom. The largest absolute Gasteiger partial charge is 0.346 e. The van der Waals surface area contributed by atoms with Crippen LogP contribution in [0.15, 0.2) is 6.20 Å². The third-order valence-corrected chi connectivity index (χ3v) is 3.42. The molecule has 1 aromatic rings. The summed E-state index contributed by atoms with van der Waals surface area (Å²) in [4.78, 5) is 10.3. The lowest BCUT2D eigenvalue weighted by Gasteiger charge is -2.28. The van der Waals surface area contributed by atoms with E-state index in [9.17, 15) is 0 Å². The van der Waals surface area contributed by atoms with Gasteiger partial charge in [-0.15, -0.1) is 0 Å². The zero-order valence-corrected chi connectivity index (χ0v) is 10.1. The normalized spacial score (nSPS) is 19.1. The second-order valence-electron chi connectivity index (χ2n) is 4.76. The predicted molar refractivity (Wildman–Crippen MR) is 65.4 cm³/mol. The first-order chi connectivity index (χ1) is 7.79. The average Bonchev–Trinajstić information content (AvgIpc) is 2.76. The molecule has 0 saturated carbocycles. The lowest BCUT2D eigenvalue weighted by Crippen LogP contribution is -2.29. The lowest BCUT2D eigenvalue weighted by atomic mass is 9.94. The van der Waals surface area contributed by atoms with E-state index in [-0.39, 0.29) is 0 Å². The van der Waals surface area contributed by atoms with Gasteiger partial charge in [0.05, 0.1) is 0 Å². The number of hydrogen-bond acceptors (Lipinski definition) is 3. The molecule has 0 aromatic carbocycles.